The van der Waals surface area contributed by atoms with Gasteiger partial charge in [0.1, 0.15) is 17.2 Å². The average Bonchev–Trinajstić information content (AvgIpc) is 2.97. The Hall–Kier alpha value is -2.53. The molecule has 1 heterocycles. The second kappa shape index (κ2) is 5.22. The maximum Gasteiger partial charge on any atom is 0.123 e. The lowest BCUT2D eigenvalue weighted by molar-refractivity contribution is 0.282. The van der Waals surface area contributed by atoms with Crippen LogP contribution >= 0.6 is 0 Å². The van der Waals surface area contributed by atoms with Gasteiger partial charge in [0.15, 0.2) is 0 Å². The van der Waals surface area contributed by atoms with Crippen LogP contribution in [0.5, 0.6) is 0 Å². The third-order valence-electron chi connectivity index (χ3n) is 3.06. The normalized spacial score (nSPS) is 10.7. The molecule has 5 heteroatoms. The van der Waals surface area contributed by atoms with Gasteiger partial charge in [0.25, 0.3) is 0 Å². The van der Waals surface area contributed by atoms with E-state index in [1.165, 1.54) is 12.1 Å². The number of aliphatic hydroxyl groups is 1. The number of aromatic nitrogens is 3. The Labute approximate surface area is 114 Å². The number of hydrogen-bond donors (Lipinski definition) is 2. The van der Waals surface area contributed by atoms with Gasteiger partial charge in [0, 0.05) is 11.1 Å². The Kier molecular flexibility index (Phi) is 3.26. The van der Waals surface area contributed by atoms with Crippen LogP contribution in [0.3, 0.4) is 0 Å². The molecule has 0 spiro atoms. The zero-order valence-corrected chi connectivity index (χ0v) is 10.5. The summed E-state index contributed by atoms with van der Waals surface area (Å²) in [6.07, 6.45) is 0. The van der Waals surface area contributed by atoms with Crippen molar-refractivity contribution in [3.63, 3.8) is 0 Å². The molecule has 100 valence electrons. The highest BCUT2D eigenvalue weighted by atomic mass is 19.1. The van der Waals surface area contributed by atoms with E-state index in [1.54, 1.807) is 12.1 Å². The van der Waals surface area contributed by atoms with Crippen LogP contribution in [0.15, 0.2) is 48.5 Å². The quantitative estimate of drug-likeness (QED) is 0.768. The van der Waals surface area contributed by atoms with Crippen molar-refractivity contribution in [2.75, 3.05) is 0 Å². The lowest BCUT2D eigenvalue weighted by Gasteiger charge is -2.02. The molecule has 0 radical (unpaired) electrons. The minimum atomic E-state index is -0.313. The molecular formula is C15H12FN3O. The Bertz CT molecular complexity index is 722. The predicted molar refractivity (Wildman–Crippen MR) is 73.1 cm³/mol. The third-order valence-corrected chi connectivity index (χ3v) is 3.06. The molecule has 0 fully saturated rings. The maximum atomic E-state index is 13.3. The molecule has 3 rings (SSSR count). The summed E-state index contributed by atoms with van der Waals surface area (Å²) in [7, 11) is 0. The first kappa shape index (κ1) is 12.5. The highest BCUT2D eigenvalue weighted by molar-refractivity contribution is 5.77. The van der Waals surface area contributed by atoms with Gasteiger partial charge in [-0.1, -0.05) is 36.4 Å². The summed E-state index contributed by atoms with van der Waals surface area (Å²) in [6, 6.07) is 13.6. The molecule has 0 saturated carbocycles. The summed E-state index contributed by atoms with van der Waals surface area (Å²) < 4.78 is 13.3. The fraction of sp³-hybridized carbons (Fsp3) is 0.0667. The SMILES string of the molecule is OCc1ccc(-c2n[nH]nc2-c2cccc(F)c2)cc1. The summed E-state index contributed by atoms with van der Waals surface area (Å²) in [6.45, 7) is -0.00412. The van der Waals surface area contributed by atoms with Crippen LogP contribution < -0.4 is 0 Å². The van der Waals surface area contributed by atoms with Crippen molar-refractivity contribution in [3.05, 3.63) is 59.9 Å². The van der Waals surface area contributed by atoms with Gasteiger partial charge < -0.3 is 5.11 Å². The van der Waals surface area contributed by atoms with E-state index in [2.05, 4.69) is 15.4 Å². The largest absolute Gasteiger partial charge is 0.392 e. The molecule has 0 saturated heterocycles. The first-order valence-electron chi connectivity index (χ1n) is 6.15. The van der Waals surface area contributed by atoms with Gasteiger partial charge in [0.05, 0.1) is 6.61 Å². The number of H-pyrrole nitrogens is 1. The van der Waals surface area contributed by atoms with Crippen molar-refractivity contribution < 1.29 is 9.50 Å². The van der Waals surface area contributed by atoms with Crippen molar-refractivity contribution in [3.8, 4) is 22.5 Å². The number of hydrogen-bond acceptors (Lipinski definition) is 3. The van der Waals surface area contributed by atoms with Gasteiger partial charge in [-0.25, -0.2) is 4.39 Å². The molecule has 1 aromatic heterocycles. The number of halogens is 1. The highest BCUT2D eigenvalue weighted by Crippen LogP contribution is 2.28. The minimum Gasteiger partial charge on any atom is -0.392 e. The van der Waals surface area contributed by atoms with Crippen LogP contribution in [0.2, 0.25) is 0 Å². The standard InChI is InChI=1S/C15H12FN3O/c16-13-3-1-2-12(8-13)15-14(17-19-18-15)11-6-4-10(9-20)5-7-11/h1-8,20H,9H2,(H,17,18,19). The lowest BCUT2D eigenvalue weighted by Crippen LogP contribution is -1.87. The van der Waals surface area contributed by atoms with Gasteiger partial charge in [0.2, 0.25) is 0 Å². The van der Waals surface area contributed by atoms with Crippen molar-refractivity contribution in [1.29, 1.82) is 0 Å². The van der Waals surface area contributed by atoms with Crippen molar-refractivity contribution in [2.45, 2.75) is 6.61 Å². The Morgan fingerprint density at radius 2 is 1.65 bits per heavy atom. The molecule has 20 heavy (non-hydrogen) atoms. The van der Waals surface area contributed by atoms with Gasteiger partial charge >= 0.3 is 0 Å². The molecule has 0 bridgehead atoms. The monoisotopic (exact) mass is 269 g/mol. The molecule has 4 nitrogen and oxygen atoms in total. The second-order valence-electron chi connectivity index (χ2n) is 4.39. The summed E-state index contributed by atoms with van der Waals surface area (Å²) in [5, 5.41) is 19.8. The van der Waals surface area contributed by atoms with Crippen LogP contribution in [-0.2, 0) is 6.61 Å². The Morgan fingerprint density at radius 1 is 0.950 bits per heavy atom. The number of benzene rings is 2. The van der Waals surface area contributed by atoms with Crippen molar-refractivity contribution in [1.82, 2.24) is 15.4 Å². The van der Waals surface area contributed by atoms with Crippen LogP contribution in [0.1, 0.15) is 5.56 Å². The Morgan fingerprint density at radius 3 is 2.30 bits per heavy atom. The van der Waals surface area contributed by atoms with Crippen LogP contribution in [0.4, 0.5) is 4.39 Å². The van der Waals surface area contributed by atoms with E-state index in [4.69, 9.17) is 5.11 Å². The van der Waals surface area contributed by atoms with E-state index in [1.807, 2.05) is 24.3 Å². The number of aromatic amines is 1. The molecular weight excluding hydrogens is 257 g/mol. The maximum absolute atomic E-state index is 13.3. The molecule has 2 N–H and O–H groups in total. The molecule has 3 aromatic rings. The molecule has 2 aromatic carbocycles. The van der Waals surface area contributed by atoms with Gasteiger partial charge in [-0.15, -0.1) is 0 Å². The molecule has 0 atom stereocenters. The Balaban J connectivity index is 2.05. The fourth-order valence-corrected chi connectivity index (χ4v) is 2.04. The third kappa shape index (κ3) is 2.31. The zero-order chi connectivity index (χ0) is 13.9. The van der Waals surface area contributed by atoms with E-state index in [-0.39, 0.29) is 12.4 Å². The summed E-state index contributed by atoms with van der Waals surface area (Å²) >= 11 is 0. The topological polar surface area (TPSA) is 61.8 Å². The lowest BCUT2D eigenvalue weighted by atomic mass is 10.0. The molecule has 0 aliphatic carbocycles. The van der Waals surface area contributed by atoms with Gasteiger partial charge in [-0.2, -0.15) is 15.4 Å². The van der Waals surface area contributed by atoms with Gasteiger partial charge in [-0.05, 0) is 17.7 Å². The van der Waals surface area contributed by atoms with Crippen molar-refractivity contribution >= 4 is 0 Å². The zero-order valence-electron chi connectivity index (χ0n) is 10.5. The van der Waals surface area contributed by atoms with Crippen LogP contribution in [-0.4, -0.2) is 20.5 Å². The number of nitrogens with zero attached hydrogens (tertiary/aromatic N) is 2. The van der Waals surface area contributed by atoms with Crippen molar-refractivity contribution in [2.24, 2.45) is 0 Å². The first-order valence-corrected chi connectivity index (χ1v) is 6.15. The molecule has 0 aliphatic rings. The molecule has 0 unspecified atom stereocenters. The number of aliphatic hydroxyl groups excluding tert-OH is 1. The average molecular weight is 269 g/mol. The van der Waals surface area contributed by atoms with E-state index in [0.717, 1.165) is 11.1 Å². The van der Waals surface area contributed by atoms with E-state index in [0.29, 0.717) is 17.0 Å². The van der Waals surface area contributed by atoms with Gasteiger partial charge in [-0.3, -0.25) is 0 Å². The number of rotatable bonds is 3. The predicted octanol–water partition coefficient (Wildman–Crippen LogP) is 2.77. The minimum absolute atomic E-state index is 0.00412. The number of nitrogens with one attached hydrogen (secondary N) is 1. The smallest absolute Gasteiger partial charge is 0.123 e. The fourth-order valence-electron chi connectivity index (χ4n) is 2.04. The highest BCUT2D eigenvalue weighted by Gasteiger charge is 2.12. The summed E-state index contributed by atoms with van der Waals surface area (Å²) in [5.74, 6) is -0.313. The summed E-state index contributed by atoms with van der Waals surface area (Å²) in [4.78, 5) is 0. The molecule has 0 amide bonds. The van der Waals surface area contributed by atoms with E-state index >= 15 is 0 Å². The first-order chi connectivity index (χ1) is 9.78. The summed E-state index contributed by atoms with van der Waals surface area (Å²) in [5.41, 5.74) is 3.60. The second-order valence-corrected chi connectivity index (χ2v) is 4.39. The van der Waals surface area contributed by atoms with E-state index < -0.39 is 0 Å². The van der Waals surface area contributed by atoms with Crippen LogP contribution in [0, 0.1) is 5.82 Å². The molecule has 0 aliphatic heterocycles. The van der Waals surface area contributed by atoms with Crippen LogP contribution in [0.25, 0.3) is 22.5 Å². The van der Waals surface area contributed by atoms with E-state index in [9.17, 15) is 4.39 Å².